The van der Waals surface area contributed by atoms with E-state index in [4.69, 9.17) is 5.73 Å². The van der Waals surface area contributed by atoms with E-state index in [1.54, 1.807) is 6.07 Å². The van der Waals surface area contributed by atoms with Crippen molar-refractivity contribution in [2.75, 3.05) is 17.2 Å². The molecular formula is C12H17NOS. The number of benzene rings is 1. The molecule has 1 saturated heterocycles. The molecule has 82 valence electrons. The Bertz CT molecular complexity index is 334. The predicted molar refractivity (Wildman–Crippen MR) is 66.3 cm³/mol. The molecule has 0 bridgehead atoms. The lowest BCUT2D eigenvalue weighted by molar-refractivity contribution is 0.475. The smallest absolute Gasteiger partial charge is 0.138 e. The quantitative estimate of drug-likeness (QED) is 0.598. The molecule has 15 heavy (non-hydrogen) atoms. The molecule has 0 radical (unpaired) electrons. The number of hydrogen-bond donors (Lipinski definition) is 2. The van der Waals surface area contributed by atoms with Crippen molar-refractivity contribution in [2.45, 2.75) is 19.3 Å². The summed E-state index contributed by atoms with van der Waals surface area (Å²) in [5, 5.41) is 9.50. The van der Waals surface area contributed by atoms with Gasteiger partial charge in [-0.3, -0.25) is 0 Å². The normalized spacial score (nSPS) is 21.5. The largest absolute Gasteiger partial charge is 0.506 e. The highest BCUT2D eigenvalue weighted by atomic mass is 32.2. The van der Waals surface area contributed by atoms with Gasteiger partial charge in [-0.2, -0.15) is 11.8 Å². The third kappa shape index (κ3) is 2.59. The molecule has 0 spiro atoms. The number of thioether (sulfide) groups is 1. The second-order valence-electron chi connectivity index (χ2n) is 4.14. The van der Waals surface area contributed by atoms with Crippen LogP contribution in [0.1, 0.15) is 18.4 Å². The van der Waals surface area contributed by atoms with Crippen molar-refractivity contribution < 1.29 is 5.11 Å². The number of phenolic OH excluding ortho intramolecular Hbond substituents is 1. The average Bonchev–Trinajstić information content (AvgIpc) is 2.26. The zero-order valence-electron chi connectivity index (χ0n) is 8.78. The Morgan fingerprint density at radius 3 is 3.07 bits per heavy atom. The Morgan fingerprint density at radius 1 is 1.47 bits per heavy atom. The summed E-state index contributed by atoms with van der Waals surface area (Å²) in [6.07, 6.45) is 3.61. The van der Waals surface area contributed by atoms with E-state index >= 15 is 0 Å². The summed E-state index contributed by atoms with van der Waals surface area (Å²) in [6, 6.07) is 5.54. The Labute approximate surface area is 94.9 Å². The van der Waals surface area contributed by atoms with Gasteiger partial charge in [0, 0.05) is 0 Å². The van der Waals surface area contributed by atoms with Gasteiger partial charge >= 0.3 is 0 Å². The van der Waals surface area contributed by atoms with Gasteiger partial charge in [-0.05, 0) is 48.3 Å². The molecule has 0 aliphatic carbocycles. The highest BCUT2D eigenvalue weighted by Gasteiger charge is 2.16. The molecule has 1 atom stereocenters. The van der Waals surface area contributed by atoms with Crippen LogP contribution in [0.5, 0.6) is 5.75 Å². The highest BCUT2D eigenvalue weighted by molar-refractivity contribution is 7.99. The lowest BCUT2D eigenvalue weighted by atomic mass is 9.95. The van der Waals surface area contributed by atoms with Crippen LogP contribution in [-0.2, 0) is 6.42 Å². The van der Waals surface area contributed by atoms with Gasteiger partial charge in [0.2, 0.25) is 0 Å². The molecule has 1 heterocycles. The zero-order chi connectivity index (χ0) is 10.7. The topological polar surface area (TPSA) is 46.2 Å². The van der Waals surface area contributed by atoms with E-state index in [0.29, 0.717) is 5.69 Å². The number of anilines is 1. The molecule has 1 aromatic carbocycles. The van der Waals surface area contributed by atoms with Gasteiger partial charge in [-0.25, -0.2) is 0 Å². The minimum Gasteiger partial charge on any atom is -0.506 e. The number of aromatic hydroxyl groups is 1. The van der Waals surface area contributed by atoms with E-state index < -0.39 is 0 Å². The number of nitrogen functional groups attached to an aromatic ring is 1. The Hall–Kier alpha value is -0.830. The molecule has 2 rings (SSSR count). The minimum atomic E-state index is 0.218. The second-order valence-corrected chi connectivity index (χ2v) is 5.29. The standard InChI is InChI=1S/C12H17NOS/c13-12-10(4-1-5-11(12)14)7-9-3-2-6-15-8-9/h1,4-5,9,14H,2-3,6-8,13H2. The van der Waals surface area contributed by atoms with Gasteiger partial charge in [0.25, 0.3) is 0 Å². The molecule has 3 heteroatoms. The molecular weight excluding hydrogens is 206 g/mol. The van der Waals surface area contributed by atoms with Crippen molar-refractivity contribution in [3.63, 3.8) is 0 Å². The number of phenols is 1. The first-order chi connectivity index (χ1) is 7.27. The van der Waals surface area contributed by atoms with Gasteiger partial charge in [-0.15, -0.1) is 0 Å². The summed E-state index contributed by atoms with van der Waals surface area (Å²) in [7, 11) is 0. The SMILES string of the molecule is Nc1c(O)cccc1CC1CCCSC1. The lowest BCUT2D eigenvalue weighted by Crippen LogP contribution is -2.14. The van der Waals surface area contributed by atoms with Gasteiger partial charge < -0.3 is 10.8 Å². The molecule has 1 fully saturated rings. The van der Waals surface area contributed by atoms with Crippen LogP contribution in [0.15, 0.2) is 18.2 Å². The van der Waals surface area contributed by atoms with Gasteiger partial charge in [0.1, 0.15) is 5.75 Å². The molecule has 1 aromatic rings. The number of para-hydroxylation sites is 1. The summed E-state index contributed by atoms with van der Waals surface area (Å²) in [5.74, 6) is 3.48. The van der Waals surface area contributed by atoms with E-state index in [1.807, 2.05) is 23.9 Å². The van der Waals surface area contributed by atoms with Crippen molar-refractivity contribution >= 4 is 17.4 Å². The van der Waals surface area contributed by atoms with E-state index in [0.717, 1.165) is 17.9 Å². The maximum absolute atomic E-state index is 9.50. The number of rotatable bonds is 2. The fraction of sp³-hybridized carbons (Fsp3) is 0.500. The molecule has 1 aliphatic heterocycles. The van der Waals surface area contributed by atoms with E-state index in [1.165, 1.54) is 24.3 Å². The van der Waals surface area contributed by atoms with Crippen molar-refractivity contribution in [3.8, 4) is 5.75 Å². The van der Waals surface area contributed by atoms with E-state index in [2.05, 4.69) is 0 Å². The first-order valence-electron chi connectivity index (χ1n) is 5.41. The fourth-order valence-corrected chi connectivity index (χ4v) is 3.21. The summed E-state index contributed by atoms with van der Waals surface area (Å²) >= 11 is 2.03. The summed E-state index contributed by atoms with van der Waals surface area (Å²) in [5.41, 5.74) is 7.51. The monoisotopic (exact) mass is 223 g/mol. The van der Waals surface area contributed by atoms with Gasteiger partial charge in [0.05, 0.1) is 5.69 Å². The molecule has 2 nitrogen and oxygen atoms in total. The summed E-state index contributed by atoms with van der Waals surface area (Å²) in [4.78, 5) is 0. The minimum absolute atomic E-state index is 0.218. The third-order valence-electron chi connectivity index (χ3n) is 2.94. The Balaban J connectivity index is 2.06. The van der Waals surface area contributed by atoms with Crippen LogP contribution in [0.25, 0.3) is 0 Å². The predicted octanol–water partition coefficient (Wildman–Crippen LogP) is 2.66. The van der Waals surface area contributed by atoms with Crippen LogP contribution in [0.2, 0.25) is 0 Å². The highest BCUT2D eigenvalue weighted by Crippen LogP contribution is 2.30. The van der Waals surface area contributed by atoms with Crippen LogP contribution >= 0.6 is 11.8 Å². The molecule has 3 N–H and O–H groups in total. The van der Waals surface area contributed by atoms with Gasteiger partial charge in [-0.1, -0.05) is 12.1 Å². The van der Waals surface area contributed by atoms with E-state index in [9.17, 15) is 5.11 Å². The zero-order valence-corrected chi connectivity index (χ0v) is 9.59. The first-order valence-corrected chi connectivity index (χ1v) is 6.57. The van der Waals surface area contributed by atoms with Crippen LogP contribution in [-0.4, -0.2) is 16.6 Å². The summed E-state index contributed by atoms with van der Waals surface area (Å²) in [6.45, 7) is 0. The van der Waals surface area contributed by atoms with Gasteiger partial charge in [0.15, 0.2) is 0 Å². The van der Waals surface area contributed by atoms with Crippen molar-refractivity contribution in [1.82, 2.24) is 0 Å². The number of hydrogen-bond acceptors (Lipinski definition) is 3. The Kier molecular flexibility index (Phi) is 3.41. The molecule has 0 amide bonds. The van der Waals surface area contributed by atoms with Crippen LogP contribution in [0.4, 0.5) is 5.69 Å². The maximum Gasteiger partial charge on any atom is 0.138 e. The molecule has 1 unspecified atom stereocenters. The van der Waals surface area contributed by atoms with Crippen LogP contribution < -0.4 is 5.73 Å². The van der Waals surface area contributed by atoms with E-state index in [-0.39, 0.29) is 5.75 Å². The van der Waals surface area contributed by atoms with Crippen LogP contribution in [0.3, 0.4) is 0 Å². The summed E-state index contributed by atoms with van der Waals surface area (Å²) < 4.78 is 0. The maximum atomic E-state index is 9.50. The molecule has 0 saturated carbocycles. The third-order valence-corrected chi connectivity index (χ3v) is 4.22. The lowest BCUT2D eigenvalue weighted by Gasteiger charge is -2.21. The second kappa shape index (κ2) is 4.79. The van der Waals surface area contributed by atoms with Crippen molar-refractivity contribution in [1.29, 1.82) is 0 Å². The van der Waals surface area contributed by atoms with Crippen molar-refractivity contribution in [2.24, 2.45) is 5.92 Å². The Morgan fingerprint density at radius 2 is 2.33 bits per heavy atom. The molecule has 1 aliphatic rings. The first kappa shape index (κ1) is 10.7. The average molecular weight is 223 g/mol. The van der Waals surface area contributed by atoms with Crippen molar-refractivity contribution in [3.05, 3.63) is 23.8 Å². The fourth-order valence-electron chi connectivity index (χ4n) is 2.06. The number of nitrogens with two attached hydrogens (primary N) is 1. The molecule has 0 aromatic heterocycles. The van der Waals surface area contributed by atoms with Crippen LogP contribution in [0, 0.1) is 5.92 Å².